The van der Waals surface area contributed by atoms with E-state index < -0.39 is 10.0 Å². The van der Waals surface area contributed by atoms with Gasteiger partial charge in [0.15, 0.2) is 0 Å². The lowest BCUT2D eigenvalue weighted by atomic mass is 10.2. The van der Waals surface area contributed by atoms with Crippen molar-refractivity contribution in [2.75, 3.05) is 25.0 Å². The molecule has 1 aliphatic rings. The smallest absolute Gasteiger partial charge is 0.275 e. The first-order valence-corrected chi connectivity index (χ1v) is 11.2. The molecule has 1 saturated heterocycles. The van der Waals surface area contributed by atoms with E-state index in [1.807, 2.05) is 6.92 Å². The first-order chi connectivity index (χ1) is 12.9. The van der Waals surface area contributed by atoms with Gasteiger partial charge in [-0.15, -0.1) is 11.3 Å². The molecular weight excluding hydrogens is 386 g/mol. The number of rotatable bonds is 6. The molecule has 1 amide bonds. The van der Waals surface area contributed by atoms with E-state index >= 15 is 0 Å². The van der Waals surface area contributed by atoms with Crippen LogP contribution in [0.4, 0.5) is 5.69 Å². The van der Waals surface area contributed by atoms with Gasteiger partial charge in [-0.05, 0) is 44.9 Å². The average Bonchev–Trinajstić information content (AvgIpc) is 3.10. The average molecular weight is 410 g/mol. The van der Waals surface area contributed by atoms with Crippen LogP contribution in [0.25, 0.3) is 0 Å². The summed E-state index contributed by atoms with van der Waals surface area (Å²) >= 11 is 1.38. The normalized spacial score (nSPS) is 15.5. The lowest BCUT2D eigenvalue weighted by molar-refractivity contribution is 0.102. The van der Waals surface area contributed by atoms with Crippen molar-refractivity contribution in [3.05, 3.63) is 34.3 Å². The van der Waals surface area contributed by atoms with Gasteiger partial charge in [0.25, 0.3) is 5.91 Å². The van der Waals surface area contributed by atoms with Crippen LogP contribution in [0.15, 0.2) is 28.5 Å². The van der Waals surface area contributed by atoms with Gasteiger partial charge >= 0.3 is 0 Å². The molecule has 9 heteroatoms. The molecule has 0 bridgehead atoms. The monoisotopic (exact) mass is 409 g/mol. The van der Waals surface area contributed by atoms with Gasteiger partial charge in [0.05, 0.1) is 11.6 Å². The summed E-state index contributed by atoms with van der Waals surface area (Å²) in [5, 5.41) is 5.19. The van der Waals surface area contributed by atoms with Crippen molar-refractivity contribution in [2.24, 2.45) is 0 Å². The highest BCUT2D eigenvalue weighted by Crippen LogP contribution is 2.31. The number of hydrogen-bond donors (Lipinski definition) is 1. The maximum Gasteiger partial charge on any atom is 0.275 e. The Morgan fingerprint density at radius 3 is 2.67 bits per heavy atom. The predicted molar refractivity (Wildman–Crippen MR) is 105 cm³/mol. The summed E-state index contributed by atoms with van der Waals surface area (Å²) in [6, 6.07) is 4.69. The van der Waals surface area contributed by atoms with Gasteiger partial charge in [-0.25, -0.2) is 13.4 Å². The molecule has 0 radical (unpaired) electrons. The van der Waals surface area contributed by atoms with E-state index in [0.29, 0.717) is 36.8 Å². The van der Waals surface area contributed by atoms with Gasteiger partial charge in [0, 0.05) is 24.2 Å². The number of piperidine rings is 1. The fourth-order valence-electron chi connectivity index (χ4n) is 2.97. The van der Waals surface area contributed by atoms with E-state index in [4.69, 9.17) is 4.74 Å². The van der Waals surface area contributed by atoms with Crippen LogP contribution in [0.1, 0.15) is 41.7 Å². The molecule has 146 valence electrons. The number of sulfonamides is 1. The van der Waals surface area contributed by atoms with Gasteiger partial charge in [0.2, 0.25) is 10.0 Å². The maximum absolute atomic E-state index is 13.1. The Labute approximate surface area is 163 Å². The highest BCUT2D eigenvalue weighted by molar-refractivity contribution is 7.89. The second-order valence-electron chi connectivity index (χ2n) is 6.27. The number of carbonyl (C=O) groups is 1. The first-order valence-electron chi connectivity index (χ1n) is 8.92. The number of aryl methyl sites for hydroxylation is 1. The number of anilines is 1. The maximum atomic E-state index is 13.1. The molecule has 1 aromatic heterocycles. The molecule has 2 heterocycles. The molecule has 0 unspecified atom stereocenters. The third kappa shape index (κ3) is 4.48. The summed E-state index contributed by atoms with van der Waals surface area (Å²) in [4.78, 5) is 16.6. The molecule has 0 atom stereocenters. The molecule has 1 aliphatic heterocycles. The third-order valence-corrected chi connectivity index (χ3v) is 6.98. The zero-order valence-electron chi connectivity index (χ0n) is 15.4. The van der Waals surface area contributed by atoms with E-state index in [9.17, 15) is 13.2 Å². The Kier molecular flexibility index (Phi) is 6.13. The molecule has 27 heavy (non-hydrogen) atoms. The van der Waals surface area contributed by atoms with E-state index in [0.717, 1.165) is 24.3 Å². The van der Waals surface area contributed by atoms with Crippen LogP contribution in [-0.4, -0.2) is 43.3 Å². The van der Waals surface area contributed by atoms with Crippen molar-refractivity contribution in [1.82, 2.24) is 9.29 Å². The SMILES string of the molecule is CCOc1ccc(NC(=O)c2csc(C)n2)cc1S(=O)(=O)N1CCCCC1. The molecule has 1 fully saturated rings. The number of thiazole rings is 1. The van der Waals surface area contributed by atoms with Gasteiger partial charge in [-0.1, -0.05) is 6.42 Å². The number of ether oxygens (including phenoxy) is 1. The Morgan fingerprint density at radius 2 is 2.04 bits per heavy atom. The topological polar surface area (TPSA) is 88.6 Å². The van der Waals surface area contributed by atoms with E-state index in [2.05, 4.69) is 10.3 Å². The Balaban J connectivity index is 1.91. The Morgan fingerprint density at radius 1 is 1.30 bits per heavy atom. The Hall–Kier alpha value is -1.97. The summed E-state index contributed by atoms with van der Waals surface area (Å²) < 4.78 is 33.3. The second kappa shape index (κ2) is 8.37. The van der Waals surface area contributed by atoms with Crippen LogP contribution < -0.4 is 10.1 Å². The molecular formula is C18H23N3O4S2. The van der Waals surface area contributed by atoms with Crippen molar-refractivity contribution in [3.63, 3.8) is 0 Å². The van der Waals surface area contributed by atoms with Gasteiger partial charge in [-0.3, -0.25) is 4.79 Å². The summed E-state index contributed by atoms with van der Waals surface area (Å²) in [7, 11) is -3.69. The van der Waals surface area contributed by atoms with Crippen molar-refractivity contribution in [1.29, 1.82) is 0 Å². The predicted octanol–water partition coefficient (Wildman–Crippen LogP) is 3.28. The summed E-state index contributed by atoms with van der Waals surface area (Å²) in [5.74, 6) is -0.0737. The quantitative estimate of drug-likeness (QED) is 0.791. The van der Waals surface area contributed by atoms with Crippen molar-refractivity contribution in [2.45, 2.75) is 38.0 Å². The fraction of sp³-hybridized carbons (Fsp3) is 0.444. The summed E-state index contributed by atoms with van der Waals surface area (Å²) in [5.41, 5.74) is 0.705. The van der Waals surface area contributed by atoms with Crippen LogP contribution in [0.5, 0.6) is 5.75 Å². The lowest BCUT2D eigenvalue weighted by Gasteiger charge is -2.27. The summed E-state index contributed by atoms with van der Waals surface area (Å²) in [6.45, 7) is 4.98. The summed E-state index contributed by atoms with van der Waals surface area (Å²) in [6.07, 6.45) is 2.74. The van der Waals surface area contributed by atoms with Gasteiger partial charge in [-0.2, -0.15) is 4.31 Å². The lowest BCUT2D eigenvalue weighted by Crippen LogP contribution is -2.35. The Bertz CT molecular complexity index is 918. The van der Waals surface area contributed by atoms with E-state index in [-0.39, 0.29) is 10.8 Å². The molecule has 0 aliphatic carbocycles. The first kappa shape index (κ1) is 19.8. The zero-order valence-corrected chi connectivity index (χ0v) is 17.0. The standard InChI is InChI=1S/C18H23N3O4S2/c1-3-25-16-8-7-14(20-18(22)15-12-26-13(2)19-15)11-17(16)27(23,24)21-9-5-4-6-10-21/h7-8,11-12H,3-6,9-10H2,1-2H3,(H,20,22). The van der Waals surface area contributed by atoms with Crippen LogP contribution in [0.3, 0.4) is 0 Å². The van der Waals surface area contributed by atoms with Gasteiger partial charge in [0.1, 0.15) is 16.3 Å². The minimum atomic E-state index is -3.69. The van der Waals surface area contributed by atoms with Gasteiger partial charge < -0.3 is 10.1 Å². The number of amides is 1. The number of benzene rings is 1. The van der Waals surface area contributed by atoms with Crippen LogP contribution in [0.2, 0.25) is 0 Å². The molecule has 3 rings (SSSR count). The molecule has 1 N–H and O–H groups in total. The van der Waals surface area contributed by atoms with Crippen molar-refractivity contribution >= 4 is 33.0 Å². The molecule has 0 saturated carbocycles. The number of aromatic nitrogens is 1. The molecule has 7 nitrogen and oxygen atoms in total. The minimum Gasteiger partial charge on any atom is -0.492 e. The second-order valence-corrected chi connectivity index (χ2v) is 9.23. The highest BCUT2D eigenvalue weighted by Gasteiger charge is 2.29. The number of nitrogens with one attached hydrogen (secondary N) is 1. The van der Waals surface area contributed by atoms with Crippen molar-refractivity contribution in [3.8, 4) is 5.75 Å². The van der Waals surface area contributed by atoms with E-state index in [1.165, 1.54) is 21.7 Å². The fourth-order valence-corrected chi connectivity index (χ4v) is 5.24. The van der Waals surface area contributed by atoms with Crippen molar-refractivity contribution < 1.29 is 17.9 Å². The van der Waals surface area contributed by atoms with Crippen LogP contribution >= 0.6 is 11.3 Å². The highest BCUT2D eigenvalue weighted by atomic mass is 32.2. The number of hydrogen-bond acceptors (Lipinski definition) is 6. The molecule has 1 aromatic carbocycles. The van der Waals surface area contributed by atoms with E-state index in [1.54, 1.807) is 24.4 Å². The molecule has 0 spiro atoms. The third-order valence-electron chi connectivity index (χ3n) is 4.29. The largest absolute Gasteiger partial charge is 0.492 e. The molecule has 2 aromatic rings. The van der Waals surface area contributed by atoms with Crippen LogP contribution in [-0.2, 0) is 10.0 Å². The minimum absolute atomic E-state index is 0.0820. The number of nitrogens with zero attached hydrogens (tertiary/aromatic N) is 2. The number of carbonyl (C=O) groups excluding carboxylic acids is 1. The zero-order chi connectivity index (χ0) is 19.4. The van der Waals surface area contributed by atoms with Crippen LogP contribution in [0, 0.1) is 6.92 Å².